The van der Waals surface area contributed by atoms with Gasteiger partial charge in [0, 0.05) is 26.2 Å². The summed E-state index contributed by atoms with van der Waals surface area (Å²) in [7, 11) is -1.18. The van der Waals surface area contributed by atoms with Crippen molar-refractivity contribution in [3.05, 3.63) is 0 Å². The molecule has 2 aliphatic rings. The van der Waals surface area contributed by atoms with Crippen molar-refractivity contribution >= 4 is 15.7 Å². The zero-order chi connectivity index (χ0) is 12.5. The largest absolute Gasteiger partial charge is 0.339 e. The SMILES string of the molecule is CN1CCN(C(=O)C2CCCCS2(=O)=O)CC1. The normalized spacial score (nSPS) is 30.2. The molecule has 98 valence electrons. The lowest BCUT2D eigenvalue weighted by molar-refractivity contribution is -0.132. The maximum atomic E-state index is 12.2. The minimum absolute atomic E-state index is 0.169. The third kappa shape index (κ3) is 2.80. The molecule has 0 saturated carbocycles. The van der Waals surface area contributed by atoms with Gasteiger partial charge in [0.25, 0.3) is 0 Å². The Morgan fingerprint density at radius 3 is 2.35 bits per heavy atom. The van der Waals surface area contributed by atoms with Gasteiger partial charge in [-0.15, -0.1) is 0 Å². The number of piperazine rings is 1. The summed E-state index contributed by atoms with van der Waals surface area (Å²) in [5.74, 6) is 0.00902. The molecule has 1 unspecified atom stereocenters. The third-order valence-corrected chi connectivity index (χ3v) is 5.83. The van der Waals surface area contributed by atoms with E-state index in [2.05, 4.69) is 4.90 Å². The van der Waals surface area contributed by atoms with Crippen molar-refractivity contribution in [1.29, 1.82) is 0 Å². The maximum absolute atomic E-state index is 12.2. The van der Waals surface area contributed by atoms with Crippen molar-refractivity contribution in [2.75, 3.05) is 39.0 Å². The van der Waals surface area contributed by atoms with Crippen molar-refractivity contribution in [2.45, 2.75) is 24.5 Å². The quantitative estimate of drug-likeness (QED) is 0.651. The number of likely N-dealkylation sites (N-methyl/N-ethyl adjacent to an activating group) is 1. The van der Waals surface area contributed by atoms with Crippen LogP contribution in [0.25, 0.3) is 0 Å². The Balaban J connectivity index is 2.04. The first-order valence-corrected chi connectivity index (χ1v) is 7.91. The fourth-order valence-electron chi connectivity index (χ4n) is 2.46. The Morgan fingerprint density at radius 2 is 1.76 bits per heavy atom. The van der Waals surface area contributed by atoms with E-state index in [0.29, 0.717) is 25.9 Å². The number of amides is 1. The monoisotopic (exact) mass is 260 g/mol. The molecule has 0 bridgehead atoms. The second-order valence-corrected chi connectivity index (χ2v) is 7.28. The van der Waals surface area contributed by atoms with E-state index >= 15 is 0 Å². The molecule has 0 aliphatic carbocycles. The third-order valence-electron chi connectivity index (χ3n) is 3.67. The van der Waals surface area contributed by atoms with E-state index < -0.39 is 15.1 Å². The minimum Gasteiger partial charge on any atom is -0.339 e. The lowest BCUT2D eigenvalue weighted by Crippen LogP contribution is -2.52. The first-order chi connectivity index (χ1) is 8.00. The highest BCUT2D eigenvalue weighted by molar-refractivity contribution is 7.92. The van der Waals surface area contributed by atoms with Crippen LogP contribution in [-0.4, -0.2) is 68.4 Å². The van der Waals surface area contributed by atoms with Crippen LogP contribution in [0.4, 0.5) is 0 Å². The van der Waals surface area contributed by atoms with Gasteiger partial charge < -0.3 is 9.80 Å². The topological polar surface area (TPSA) is 57.7 Å². The van der Waals surface area contributed by atoms with Gasteiger partial charge in [-0.2, -0.15) is 0 Å². The molecule has 6 heteroatoms. The fourth-order valence-corrected chi connectivity index (χ4v) is 4.34. The Bertz CT molecular complexity index is 386. The molecule has 17 heavy (non-hydrogen) atoms. The first kappa shape index (κ1) is 12.8. The van der Waals surface area contributed by atoms with E-state index in [1.165, 1.54) is 0 Å². The van der Waals surface area contributed by atoms with Gasteiger partial charge in [-0.25, -0.2) is 8.42 Å². The van der Waals surface area contributed by atoms with Gasteiger partial charge >= 0.3 is 0 Å². The number of sulfone groups is 1. The summed E-state index contributed by atoms with van der Waals surface area (Å²) in [5, 5.41) is -0.764. The van der Waals surface area contributed by atoms with E-state index in [1.807, 2.05) is 7.05 Å². The van der Waals surface area contributed by atoms with Gasteiger partial charge in [0.15, 0.2) is 9.84 Å². The zero-order valence-corrected chi connectivity index (χ0v) is 11.1. The molecular formula is C11H20N2O3S. The van der Waals surface area contributed by atoms with E-state index in [9.17, 15) is 13.2 Å². The van der Waals surface area contributed by atoms with Crippen LogP contribution in [0.3, 0.4) is 0 Å². The van der Waals surface area contributed by atoms with E-state index in [-0.39, 0.29) is 11.7 Å². The average molecular weight is 260 g/mol. The summed E-state index contributed by atoms with van der Waals surface area (Å²) in [6, 6.07) is 0. The van der Waals surface area contributed by atoms with Gasteiger partial charge in [0.2, 0.25) is 5.91 Å². The summed E-state index contributed by atoms with van der Waals surface area (Å²) < 4.78 is 23.7. The first-order valence-electron chi connectivity index (χ1n) is 6.19. The maximum Gasteiger partial charge on any atom is 0.240 e. The summed E-state index contributed by atoms with van der Waals surface area (Å²) >= 11 is 0. The predicted molar refractivity (Wildman–Crippen MR) is 65.5 cm³/mol. The molecule has 2 heterocycles. The highest BCUT2D eigenvalue weighted by atomic mass is 32.2. The number of hydrogen-bond acceptors (Lipinski definition) is 4. The molecule has 1 atom stereocenters. The number of rotatable bonds is 1. The molecule has 0 N–H and O–H groups in total. The Labute approximate surface area is 103 Å². The molecule has 0 aromatic heterocycles. The molecule has 0 aromatic carbocycles. The van der Waals surface area contributed by atoms with Crippen LogP contribution >= 0.6 is 0 Å². The number of hydrogen-bond donors (Lipinski definition) is 0. The summed E-state index contributed by atoms with van der Waals surface area (Å²) in [4.78, 5) is 16.1. The van der Waals surface area contributed by atoms with Crippen molar-refractivity contribution < 1.29 is 13.2 Å². The van der Waals surface area contributed by atoms with Crippen LogP contribution in [-0.2, 0) is 14.6 Å². The van der Waals surface area contributed by atoms with Crippen LogP contribution in [0.2, 0.25) is 0 Å². The van der Waals surface area contributed by atoms with Gasteiger partial charge in [0.05, 0.1) is 5.75 Å². The molecule has 2 saturated heterocycles. The summed E-state index contributed by atoms with van der Waals surface area (Å²) in [6.07, 6.45) is 2.06. The van der Waals surface area contributed by atoms with Crippen LogP contribution in [0.15, 0.2) is 0 Å². The highest BCUT2D eigenvalue weighted by Crippen LogP contribution is 2.21. The van der Waals surface area contributed by atoms with Gasteiger partial charge in [-0.05, 0) is 19.9 Å². The van der Waals surface area contributed by atoms with Gasteiger partial charge in [-0.3, -0.25) is 4.79 Å². The number of carbonyl (C=O) groups excluding carboxylic acids is 1. The highest BCUT2D eigenvalue weighted by Gasteiger charge is 2.37. The van der Waals surface area contributed by atoms with Gasteiger partial charge in [0.1, 0.15) is 5.25 Å². The molecule has 2 fully saturated rings. The molecule has 2 rings (SSSR count). The lowest BCUT2D eigenvalue weighted by atomic mass is 10.1. The van der Waals surface area contributed by atoms with Crippen molar-refractivity contribution in [3.63, 3.8) is 0 Å². The summed E-state index contributed by atoms with van der Waals surface area (Å²) in [5.41, 5.74) is 0. The van der Waals surface area contributed by atoms with E-state index in [0.717, 1.165) is 19.5 Å². The zero-order valence-electron chi connectivity index (χ0n) is 10.3. The minimum atomic E-state index is -3.19. The van der Waals surface area contributed by atoms with Crippen molar-refractivity contribution in [3.8, 4) is 0 Å². The second-order valence-electron chi connectivity index (χ2n) is 4.98. The fraction of sp³-hybridized carbons (Fsp3) is 0.909. The van der Waals surface area contributed by atoms with Crippen LogP contribution in [0, 0.1) is 0 Å². The van der Waals surface area contributed by atoms with Crippen LogP contribution < -0.4 is 0 Å². The molecule has 5 nitrogen and oxygen atoms in total. The Kier molecular flexibility index (Phi) is 3.73. The summed E-state index contributed by atoms with van der Waals surface area (Å²) in [6.45, 7) is 2.97. The predicted octanol–water partition coefficient (Wildman–Crippen LogP) is -0.272. The Hall–Kier alpha value is -0.620. The van der Waals surface area contributed by atoms with E-state index in [1.54, 1.807) is 4.90 Å². The number of carbonyl (C=O) groups is 1. The Morgan fingerprint density at radius 1 is 1.12 bits per heavy atom. The molecule has 0 radical (unpaired) electrons. The standard InChI is InChI=1S/C11H20N2O3S/c1-12-5-7-13(8-6-12)11(14)10-4-2-3-9-17(10,15)16/h10H,2-9H2,1H3. The average Bonchev–Trinajstić information content (AvgIpc) is 2.28. The lowest BCUT2D eigenvalue weighted by Gasteiger charge is -2.35. The molecule has 2 aliphatic heterocycles. The molecular weight excluding hydrogens is 240 g/mol. The van der Waals surface area contributed by atoms with Gasteiger partial charge in [-0.1, -0.05) is 6.42 Å². The molecule has 0 aromatic rings. The molecule has 1 amide bonds. The van der Waals surface area contributed by atoms with Crippen molar-refractivity contribution in [2.24, 2.45) is 0 Å². The smallest absolute Gasteiger partial charge is 0.240 e. The van der Waals surface area contributed by atoms with Crippen molar-refractivity contribution in [1.82, 2.24) is 9.80 Å². The number of nitrogens with zero attached hydrogens (tertiary/aromatic N) is 2. The van der Waals surface area contributed by atoms with Crippen LogP contribution in [0.1, 0.15) is 19.3 Å². The molecule has 0 spiro atoms. The second kappa shape index (κ2) is 4.94. The van der Waals surface area contributed by atoms with Crippen LogP contribution in [0.5, 0.6) is 0 Å². The van der Waals surface area contributed by atoms with E-state index in [4.69, 9.17) is 0 Å².